The summed E-state index contributed by atoms with van der Waals surface area (Å²) in [5.41, 5.74) is 1.27. The maximum Gasteiger partial charge on any atom is 0.261 e. The molecule has 0 atom stereocenters. The molecule has 0 aliphatic carbocycles. The second-order valence-electron chi connectivity index (χ2n) is 4.52. The van der Waals surface area contributed by atoms with Crippen molar-refractivity contribution in [3.8, 4) is 5.88 Å². The Morgan fingerprint density at radius 3 is 2.89 bits per heavy atom. The van der Waals surface area contributed by atoms with Gasteiger partial charge in [-0.2, -0.15) is 4.98 Å². The zero-order valence-corrected chi connectivity index (χ0v) is 11.2. The molecule has 3 rings (SSSR count). The molecule has 0 fully saturated rings. The molecule has 1 aromatic heterocycles. The van der Waals surface area contributed by atoms with Crippen molar-refractivity contribution in [3.63, 3.8) is 0 Å². The number of nitrogens with zero attached hydrogens (tertiary/aromatic N) is 2. The van der Waals surface area contributed by atoms with Crippen LogP contribution in [-0.4, -0.2) is 20.4 Å². The summed E-state index contributed by atoms with van der Waals surface area (Å²) in [6.45, 7) is 0.691. The maximum absolute atomic E-state index is 12.4. The van der Waals surface area contributed by atoms with E-state index in [4.69, 9.17) is 0 Å². The number of hydrogen-bond acceptors (Lipinski definition) is 4. The van der Waals surface area contributed by atoms with Crippen LogP contribution in [0.15, 0.2) is 40.3 Å². The molecule has 0 saturated carbocycles. The highest BCUT2D eigenvalue weighted by Crippen LogP contribution is 2.24. The van der Waals surface area contributed by atoms with Gasteiger partial charge in [-0.15, -0.1) is 0 Å². The fraction of sp³-hybridized carbons (Fsp3) is 0.286. The second kappa shape index (κ2) is 5.09. The van der Waals surface area contributed by atoms with Gasteiger partial charge in [0, 0.05) is 18.7 Å². The summed E-state index contributed by atoms with van der Waals surface area (Å²) in [5, 5.41) is 10.6. The first-order valence-electron chi connectivity index (χ1n) is 6.25. The summed E-state index contributed by atoms with van der Waals surface area (Å²) in [4.78, 5) is 16.5. The largest absolute Gasteiger partial charge is 0.493 e. The molecule has 0 amide bonds. The summed E-state index contributed by atoms with van der Waals surface area (Å²) >= 11 is 1.52. The van der Waals surface area contributed by atoms with Gasteiger partial charge >= 0.3 is 0 Å². The monoisotopic (exact) mass is 274 g/mol. The van der Waals surface area contributed by atoms with Crippen LogP contribution in [-0.2, 0) is 13.0 Å². The lowest BCUT2D eigenvalue weighted by Gasteiger charge is -2.18. The third-order valence-electron chi connectivity index (χ3n) is 3.19. The molecule has 1 aliphatic heterocycles. The summed E-state index contributed by atoms with van der Waals surface area (Å²) in [7, 11) is 0. The molecule has 19 heavy (non-hydrogen) atoms. The van der Waals surface area contributed by atoms with E-state index >= 15 is 0 Å². The lowest BCUT2D eigenvalue weighted by atomic mass is 10.1. The van der Waals surface area contributed by atoms with Crippen molar-refractivity contribution in [1.29, 1.82) is 0 Å². The number of hydrogen-bond donors (Lipinski definition) is 1. The second-order valence-corrected chi connectivity index (χ2v) is 5.58. The Balaban J connectivity index is 2.04. The molecule has 0 spiro atoms. The van der Waals surface area contributed by atoms with Gasteiger partial charge in [0.15, 0.2) is 5.16 Å². The van der Waals surface area contributed by atoms with Crippen LogP contribution in [0.5, 0.6) is 5.88 Å². The molecule has 1 N–H and O–H groups in total. The number of rotatable bonds is 2. The minimum Gasteiger partial charge on any atom is -0.493 e. The number of aromatic hydroxyl groups is 1. The molecule has 1 aliphatic rings. The molecule has 2 aromatic rings. The van der Waals surface area contributed by atoms with Crippen LogP contribution in [0.25, 0.3) is 0 Å². The van der Waals surface area contributed by atoms with E-state index in [0.717, 1.165) is 17.7 Å². The molecular formula is C14H14N2O2S. The average molecular weight is 274 g/mol. The number of aromatic nitrogens is 2. The Hall–Kier alpha value is -1.75. The zero-order valence-electron chi connectivity index (χ0n) is 10.4. The molecule has 2 heterocycles. The molecule has 0 radical (unpaired) electrons. The van der Waals surface area contributed by atoms with Crippen LogP contribution in [0.2, 0.25) is 0 Å². The predicted molar refractivity (Wildman–Crippen MR) is 74.8 cm³/mol. The van der Waals surface area contributed by atoms with Crippen LogP contribution >= 0.6 is 11.8 Å². The van der Waals surface area contributed by atoms with Crippen molar-refractivity contribution < 1.29 is 5.11 Å². The van der Waals surface area contributed by atoms with E-state index in [-0.39, 0.29) is 11.4 Å². The molecule has 4 nitrogen and oxygen atoms in total. The highest BCUT2D eigenvalue weighted by atomic mass is 32.2. The van der Waals surface area contributed by atoms with Gasteiger partial charge in [0.05, 0.1) is 5.56 Å². The highest BCUT2D eigenvalue weighted by Gasteiger charge is 2.19. The third kappa shape index (κ3) is 2.38. The smallest absolute Gasteiger partial charge is 0.261 e. The number of fused-ring (bicyclic) bond motifs is 1. The number of thioether (sulfide) groups is 1. The Kier molecular flexibility index (Phi) is 3.29. The van der Waals surface area contributed by atoms with E-state index in [1.54, 1.807) is 4.57 Å². The first-order chi connectivity index (χ1) is 9.25. The molecule has 0 saturated heterocycles. The van der Waals surface area contributed by atoms with E-state index in [9.17, 15) is 9.90 Å². The van der Waals surface area contributed by atoms with Crippen molar-refractivity contribution in [3.05, 3.63) is 51.8 Å². The van der Waals surface area contributed by atoms with Gasteiger partial charge in [-0.05, 0) is 12.0 Å². The standard InChI is InChI=1S/C14H14N2O2S/c17-12-11(9-10-5-2-1-3-6-10)13(18)16-7-4-8-19-14(16)15-12/h1-3,5-6,17H,4,7-9H2. The van der Waals surface area contributed by atoms with Crippen LogP contribution < -0.4 is 5.56 Å². The quantitative estimate of drug-likeness (QED) is 0.851. The third-order valence-corrected chi connectivity index (χ3v) is 4.25. The Morgan fingerprint density at radius 2 is 2.11 bits per heavy atom. The van der Waals surface area contributed by atoms with E-state index in [0.29, 0.717) is 23.7 Å². The van der Waals surface area contributed by atoms with E-state index < -0.39 is 0 Å². The van der Waals surface area contributed by atoms with Gasteiger partial charge in [-0.25, -0.2) is 0 Å². The van der Waals surface area contributed by atoms with Gasteiger partial charge in [-0.3, -0.25) is 9.36 Å². The molecule has 1 aromatic carbocycles. The van der Waals surface area contributed by atoms with E-state index in [2.05, 4.69) is 4.98 Å². The van der Waals surface area contributed by atoms with Crippen molar-refractivity contribution in [1.82, 2.24) is 9.55 Å². The fourth-order valence-corrected chi connectivity index (χ4v) is 3.15. The minimum atomic E-state index is -0.130. The Morgan fingerprint density at radius 1 is 1.32 bits per heavy atom. The van der Waals surface area contributed by atoms with Gasteiger partial charge in [0.2, 0.25) is 5.88 Å². The Labute approximate surface area is 115 Å². The van der Waals surface area contributed by atoms with Crippen molar-refractivity contribution in [2.75, 3.05) is 5.75 Å². The van der Waals surface area contributed by atoms with Crippen LogP contribution in [0.1, 0.15) is 17.5 Å². The normalized spacial score (nSPS) is 14.1. The summed E-state index contributed by atoms with van der Waals surface area (Å²) < 4.78 is 1.67. The number of benzene rings is 1. The lowest BCUT2D eigenvalue weighted by molar-refractivity contribution is 0.421. The van der Waals surface area contributed by atoms with Crippen molar-refractivity contribution in [2.45, 2.75) is 24.5 Å². The van der Waals surface area contributed by atoms with Crippen molar-refractivity contribution >= 4 is 11.8 Å². The zero-order chi connectivity index (χ0) is 13.2. The highest BCUT2D eigenvalue weighted by molar-refractivity contribution is 7.99. The summed E-state index contributed by atoms with van der Waals surface area (Å²) in [5.74, 6) is 0.818. The topological polar surface area (TPSA) is 55.1 Å². The lowest BCUT2D eigenvalue weighted by Crippen LogP contribution is -2.29. The molecule has 5 heteroatoms. The minimum absolute atomic E-state index is 0.112. The summed E-state index contributed by atoms with van der Waals surface area (Å²) in [6, 6.07) is 9.66. The molecule has 0 unspecified atom stereocenters. The van der Waals surface area contributed by atoms with Crippen LogP contribution in [0.3, 0.4) is 0 Å². The molecule has 0 bridgehead atoms. The molecular weight excluding hydrogens is 260 g/mol. The SMILES string of the molecule is O=c1c(Cc2ccccc2)c(O)nc2n1CCCS2. The Bertz CT molecular complexity index is 652. The van der Waals surface area contributed by atoms with Crippen LogP contribution in [0.4, 0.5) is 0 Å². The fourth-order valence-electron chi connectivity index (χ4n) is 2.21. The first-order valence-corrected chi connectivity index (χ1v) is 7.23. The molecule has 98 valence electrons. The predicted octanol–water partition coefficient (Wildman–Crippen LogP) is 2.04. The average Bonchev–Trinajstić information content (AvgIpc) is 2.45. The van der Waals surface area contributed by atoms with Gasteiger partial charge < -0.3 is 5.11 Å². The van der Waals surface area contributed by atoms with E-state index in [1.807, 2.05) is 30.3 Å². The van der Waals surface area contributed by atoms with Crippen molar-refractivity contribution in [2.24, 2.45) is 0 Å². The van der Waals surface area contributed by atoms with Gasteiger partial charge in [0.1, 0.15) is 0 Å². The van der Waals surface area contributed by atoms with Gasteiger partial charge in [-0.1, -0.05) is 42.1 Å². The van der Waals surface area contributed by atoms with Crippen LogP contribution in [0, 0.1) is 0 Å². The van der Waals surface area contributed by atoms with Gasteiger partial charge in [0.25, 0.3) is 5.56 Å². The maximum atomic E-state index is 12.4. The first kappa shape index (κ1) is 12.3. The summed E-state index contributed by atoms with van der Waals surface area (Å²) in [6.07, 6.45) is 1.39. The van der Waals surface area contributed by atoms with E-state index in [1.165, 1.54) is 11.8 Å².